The van der Waals surface area contributed by atoms with E-state index >= 15 is 0 Å². The van der Waals surface area contributed by atoms with Crippen LogP contribution in [-0.2, 0) is 4.79 Å². The van der Waals surface area contributed by atoms with Crippen LogP contribution in [0.5, 0.6) is 0 Å². The van der Waals surface area contributed by atoms with Crippen molar-refractivity contribution < 1.29 is 9.90 Å². The highest BCUT2D eigenvalue weighted by molar-refractivity contribution is 5.73. The van der Waals surface area contributed by atoms with Gasteiger partial charge in [-0.25, -0.2) is 0 Å². The number of carboxylic acid groups (broad SMARTS) is 1. The number of nitrogens with one attached hydrogen (secondary N) is 1. The van der Waals surface area contributed by atoms with Crippen molar-refractivity contribution in [3.63, 3.8) is 0 Å². The standard InChI is InChI=1S/C14H25NO2/c1-4-8-12(9-5-2)10-7-11-15-13(6-3)14(16)17/h4-5,12-13,15H,1-2,6-11H2,3H3,(H,16,17). The Morgan fingerprint density at radius 1 is 1.35 bits per heavy atom. The number of aliphatic carboxylic acids is 1. The minimum atomic E-state index is -0.763. The molecule has 17 heavy (non-hydrogen) atoms. The van der Waals surface area contributed by atoms with Gasteiger partial charge in [0.2, 0.25) is 0 Å². The maximum Gasteiger partial charge on any atom is 0.320 e. The molecule has 0 aromatic carbocycles. The molecule has 0 saturated heterocycles. The molecule has 1 atom stereocenters. The van der Waals surface area contributed by atoms with Crippen molar-refractivity contribution in [3.05, 3.63) is 25.3 Å². The van der Waals surface area contributed by atoms with E-state index < -0.39 is 12.0 Å². The number of rotatable bonds is 11. The summed E-state index contributed by atoms with van der Waals surface area (Å²) in [4.78, 5) is 10.8. The lowest BCUT2D eigenvalue weighted by molar-refractivity contribution is -0.139. The van der Waals surface area contributed by atoms with Gasteiger partial charge in [-0.15, -0.1) is 13.2 Å². The van der Waals surface area contributed by atoms with Gasteiger partial charge in [0, 0.05) is 0 Å². The van der Waals surface area contributed by atoms with E-state index in [4.69, 9.17) is 5.11 Å². The van der Waals surface area contributed by atoms with Crippen molar-refractivity contribution in [2.24, 2.45) is 5.92 Å². The first-order valence-corrected chi connectivity index (χ1v) is 6.33. The van der Waals surface area contributed by atoms with Crippen molar-refractivity contribution in [1.82, 2.24) is 5.32 Å². The zero-order chi connectivity index (χ0) is 13.1. The third-order valence-electron chi connectivity index (χ3n) is 2.89. The number of hydrogen-bond donors (Lipinski definition) is 2. The van der Waals surface area contributed by atoms with Gasteiger partial charge < -0.3 is 10.4 Å². The summed E-state index contributed by atoms with van der Waals surface area (Å²) in [5.41, 5.74) is 0. The second-order valence-electron chi connectivity index (χ2n) is 4.31. The summed E-state index contributed by atoms with van der Waals surface area (Å²) in [7, 11) is 0. The molecule has 1 unspecified atom stereocenters. The fourth-order valence-electron chi connectivity index (χ4n) is 1.88. The summed E-state index contributed by atoms with van der Waals surface area (Å²) >= 11 is 0. The molecule has 0 aliphatic carbocycles. The zero-order valence-corrected chi connectivity index (χ0v) is 10.8. The first-order chi connectivity index (χ1) is 8.15. The maximum atomic E-state index is 10.8. The minimum Gasteiger partial charge on any atom is -0.480 e. The molecule has 0 aliphatic heterocycles. The third kappa shape index (κ3) is 7.75. The van der Waals surface area contributed by atoms with Gasteiger partial charge in [-0.2, -0.15) is 0 Å². The van der Waals surface area contributed by atoms with Crippen LogP contribution < -0.4 is 5.32 Å². The van der Waals surface area contributed by atoms with E-state index in [9.17, 15) is 4.79 Å². The number of carbonyl (C=O) groups is 1. The van der Waals surface area contributed by atoms with Gasteiger partial charge in [0.15, 0.2) is 0 Å². The molecule has 0 heterocycles. The van der Waals surface area contributed by atoms with Crippen LogP contribution in [0.2, 0.25) is 0 Å². The second-order valence-corrected chi connectivity index (χ2v) is 4.31. The SMILES string of the molecule is C=CCC(CC=C)CCCNC(CC)C(=O)O. The number of allylic oxidation sites excluding steroid dienone is 2. The van der Waals surface area contributed by atoms with Crippen LogP contribution in [0.25, 0.3) is 0 Å². The Morgan fingerprint density at radius 2 is 1.94 bits per heavy atom. The van der Waals surface area contributed by atoms with Crippen LogP contribution in [0.15, 0.2) is 25.3 Å². The van der Waals surface area contributed by atoms with Gasteiger partial charge in [0.25, 0.3) is 0 Å². The number of hydrogen-bond acceptors (Lipinski definition) is 2. The average Bonchev–Trinajstić information content (AvgIpc) is 2.29. The molecule has 0 rings (SSSR count). The molecule has 0 aromatic rings. The van der Waals surface area contributed by atoms with Crippen LogP contribution in [0.1, 0.15) is 39.0 Å². The van der Waals surface area contributed by atoms with E-state index in [0.717, 1.165) is 32.2 Å². The Bertz CT molecular complexity index is 228. The highest BCUT2D eigenvalue weighted by Gasteiger charge is 2.13. The van der Waals surface area contributed by atoms with Crippen molar-refractivity contribution in [2.45, 2.75) is 45.1 Å². The molecule has 0 spiro atoms. The van der Waals surface area contributed by atoms with Gasteiger partial charge in [0.05, 0.1) is 0 Å². The molecule has 3 heteroatoms. The lowest BCUT2D eigenvalue weighted by atomic mass is 9.96. The van der Waals surface area contributed by atoms with E-state index in [2.05, 4.69) is 18.5 Å². The van der Waals surface area contributed by atoms with E-state index in [1.54, 1.807) is 0 Å². The summed E-state index contributed by atoms with van der Waals surface area (Å²) in [5.74, 6) is -0.169. The molecule has 0 radical (unpaired) electrons. The second kappa shape index (κ2) is 10.1. The third-order valence-corrected chi connectivity index (χ3v) is 2.89. The summed E-state index contributed by atoms with van der Waals surface area (Å²) in [5, 5.41) is 11.9. The van der Waals surface area contributed by atoms with Gasteiger partial charge in [0.1, 0.15) is 6.04 Å². The molecular weight excluding hydrogens is 214 g/mol. The molecule has 2 N–H and O–H groups in total. The monoisotopic (exact) mass is 239 g/mol. The first-order valence-electron chi connectivity index (χ1n) is 6.33. The molecule has 0 fully saturated rings. The van der Waals surface area contributed by atoms with E-state index in [1.165, 1.54) is 0 Å². The van der Waals surface area contributed by atoms with Gasteiger partial charge >= 0.3 is 5.97 Å². The Hall–Kier alpha value is -1.09. The van der Waals surface area contributed by atoms with Crippen LogP contribution in [0.3, 0.4) is 0 Å². The normalized spacial score (nSPS) is 12.4. The van der Waals surface area contributed by atoms with Gasteiger partial charge in [-0.1, -0.05) is 19.1 Å². The molecule has 98 valence electrons. The Kier molecular flexibility index (Phi) is 9.44. The van der Waals surface area contributed by atoms with Crippen LogP contribution in [-0.4, -0.2) is 23.7 Å². The average molecular weight is 239 g/mol. The van der Waals surface area contributed by atoms with Gasteiger partial charge in [-0.3, -0.25) is 4.79 Å². The van der Waals surface area contributed by atoms with Crippen LogP contribution in [0.4, 0.5) is 0 Å². The largest absolute Gasteiger partial charge is 0.480 e. The Balaban J connectivity index is 3.76. The zero-order valence-electron chi connectivity index (χ0n) is 10.8. The molecule has 0 saturated carbocycles. The molecule has 0 bridgehead atoms. The molecule has 0 aliphatic rings. The van der Waals surface area contributed by atoms with E-state index in [1.807, 2.05) is 19.1 Å². The molecule has 0 aromatic heterocycles. The Labute approximate surface area is 105 Å². The van der Waals surface area contributed by atoms with Gasteiger partial charge in [-0.05, 0) is 44.6 Å². The predicted molar refractivity (Wildman–Crippen MR) is 72.1 cm³/mol. The lowest BCUT2D eigenvalue weighted by Gasteiger charge is -2.15. The Morgan fingerprint density at radius 3 is 2.35 bits per heavy atom. The summed E-state index contributed by atoms with van der Waals surface area (Å²) < 4.78 is 0. The lowest BCUT2D eigenvalue weighted by Crippen LogP contribution is -2.36. The quantitative estimate of drug-likeness (QED) is 0.430. The van der Waals surface area contributed by atoms with Crippen molar-refractivity contribution in [3.8, 4) is 0 Å². The number of carboxylic acids is 1. The topological polar surface area (TPSA) is 49.3 Å². The summed E-state index contributed by atoms with van der Waals surface area (Å²) in [6.07, 6.45) is 8.58. The van der Waals surface area contributed by atoms with Crippen molar-refractivity contribution in [1.29, 1.82) is 0 Å². The molecule has 0 amide bonds. The summed E-state index contributed by atoms with van der Waals surface area (Å²) in [6.45, 7) is 10.1. The highest BCUT2D eigenvalue weighted by Crippen LogP contribution is 2.16. The maximum absolute atomic E-state index is 10.8. The fraction of sp³-hybridized carbons (Fsp3) is 0.643. The van der Waals surface area contributed by atoms with Crippen molar-refractivity contribution >= 4 is 5.97 Å². The van der Waals surface area contributed by atoms with E-state index in [0.29, 0.717) is 12.3 Å². The van der Waals surface area contributed by atoms with E-state index in [-0.39, 0.29) is 0 Å². The first kappa shape index (κ1) is 15.9. The molecule has 3 nitrogen and oxygen atoms in total. The fourth-order valence-corrected chi connectivity index (χ4v) is 1.88. The van der Waals surface area contributed by atoms with Crippen molar-refractivity contribution in [2.75, 3.05) is 6.54 Å². The summed E-state index contributed by atoms with van der Waals surface area (Å²) in [6, 6.07) is -0.410. The van der Waals surface area contributed by atoms with Crippen LogP contribution >= 0.6 is 0 Å². The molecular formula is C14H25NO2. The smallest absolute Gasteiger partial charge is 0.320 e. The minimum absolute atomic E-state index is 0.410. The highest BCUT2D eigenvalue weighted by atomic mass is 16.4. The van der Waals surface area contributed by atoms with Crippen LogP contribution in [0, 0.1) is 5.92 Å². The predicted octanol–water partition coefficient (Wildman–Crippen LogP) is 2.99.